The Morgan fingerprint density at radius 2 is 2.00 bits per heavy atom. The molecule has 1 atom stereocenters. The van der Waals surface area contributed by atoms with E-state index in [0.29, 0.717) is 39.2 Å². The van der Waals surface area contributed by atoms with Gasteiger partial charge in [0.25, 0.3) is 0 Å². The van der Waals surface area contributed by atoms with Gasteiger partial charge in [0.15, 0.2) is 5.82 Å². The maximum atomic E-state index is 14.3. The third kappa shape index (κ3) is 4.35. The summed E-state index contributed by atoms with van der Waals surface area (Å²) in [5.41, 5.74) is 2.72. The SMILES string of the molecule is Cc1cc(-n2cc(F)cn2)c2cccc(OCc3c(Cl)cc(F)cc3[C@H](C)N3CC(=O)NC3=O)c2n1. The number of nitrogens with zero attached hydrogens (tertiary/aromatic N) is 4. The summed E-state index contributed by atoms with van der Waals surface area (Å²) >= 11 is 6.40. The minimum absolute atomic E-state index is 0.0529. The van der Waals surface area contributed by atoms with Gasteiger partial charge >= 0.3 is 6.03 Å². The minimum atomic E-state index is -0.641. The number of fused-ring (bicyclic) bond motifs is 1. The van der Waals surface area contributed by atoms with E-state index in [9.17, 15) is 18.4 Å². The van der Waals surface area contributed by atoms with Crippen molar-refractivity contribution in [3.63, 3.8) is 0 Å². The molecule has 1 fully saturated rings. The Bertz CT molecular complexity index is 1520. The van der Waals surface area contributed by atoms with E-state index < -0.39 is 29.6 Å². The Morgan fingerprint density at radius 3 is 2.69 bits per heavy atom. The molecule has 2 aromatic heterocycles. The Labute approximate surface area is 209 Å². The quantitative estimate of drug-likeness (QED) is 0.374. The Kier molecular flexibility index (Phi) is 6.05. The fourth-order valence-corrected chi connectivity index (χ4v) is 4.57. The molecule has 0 bridgehead atoms. The van der Waals surface area contributed by atoms with Crippen LogP contribution in [0.4, 0.5) is 13.6 Å². The van der Waals surface area contributed by atoms with Gasteiger partial charge in [-0.3, -0.25) is 10.1 Å². The van der Waals surface area contributed by atoms with Gasteiger partial charge in [-0.05, 0) is 43.7 Å². The van der Waals surface area contributed by atoms with Crippen LogP contribution in [-0.2, 0) is 11.4 Å². The molecule has 1 aliphatic heterocycles. The van der Waals surface area contributed by atoms with Crippen molar-refractivity contribution >= 4 is 34.4 Å². The van der Waals surface area contributed by atoms with E-state index in [2.05, 4.69) is 15.4 Å². The number of hydrogen-bond acceptors (Lipinski definition) is 5. The van der Waals surface area contributed by atoms with Crippen molar-refractivity contribution < 1.29 is 23.1 Å². The molecule has 3 heterocycles. The molecule has 4 aromatic rings. The highest BCUT2D eigenvalue weighted by molar-refractivity contribution is 6.31. The van der Waals surface area contributed by atoms with Crippen molar-refractivity contribution in [1.82, 2.24) is 25.0 Å². The van der Waals surface area contributed by atoms with E-state index >= 15 is 0 Å². The number of urea groups is 1. The molecular weight excluding hydrogens is 492 g/mol. The summed E-state index contributed by atoms with van der Waals surface area (Å²) in [7, 11) is 0. The van der Waals surface area contributed by atoms with Crippen molar-refractivity contribution in [3.05, 3.63) is 82.3 Å². The molecule has 5 rings (SSSR count). The molecule has 36 heavy (non-hydrogen) atoms. The van der Waals surface area contributed by atoms with Crippen LogP contribution in [0.15, 0.2) is 48.8 Å². The van der Waals surface area contributed by atoms with Gasteiger partial charge in [0.1, 0.15) is 30.2 Å². The molecule has 184 valence electrons. The number of carbonyl (C=O) groups is 2. The topological polar surface area (TPSA) is 89.4 Å². The average molecular weight is 512 g/mol. The van der Waals surface area contributed by atoms with Gasteiger partial charge in [0.2, 0.25) is 5.91 Å². The zero-order valence-electron chi connectivity index (χ0n) is 19.3. The van der Waals surface area contributed by atoms with Crippen LogP contribution in [0.1, 0.15) is 29.8 Å². The van der Waals surface area contributed by atoms with Crippen LogP contribution in [0.2, 0.25) is 5.02 Å². The number of para-hydroxylation sites is 1. The van der Waals surface area contributed by atoms with E-state index in [1.165, 1.54) is 27.9 Å². The zero-order valence-corrected chi connectivity index (χ0v) is 20.0. The molecule has 8 nitrogen and oxygen atoms in total. The first-order valence-corrected chi connectivity index (χ1v) is 11.4. The van der Waals surface area contributed by atoms with E-state index in [0.717, 1.165) is 6.20 Å². The summed E-state index contributed by atoms with van der Waals surface area (Å²) < 4.78 is 35.5. The van der Waals surface area contributed by atoms with Gasteiger partial charge in [0, 0.05) is 16.6 Å². The highest BCUT2D eigenvalue weighted by atomic mass is 35.5. The van der Waals surface area contributed by atoms with E-state index in [1.54, 1.807) is 32.0 Å². The van der Waals surface area contributed by atoms with Gasteiger partial charge in [-0.15, -0.1) is 0 Å². The van der Waals surface area contributed by atoms with Gasteiger partial charge in [-0.25, -0.2) is 23.2 Å². The second-order valence-corrected chi connectivity index (χ2v) is 8.85. The Balaban J connectivity index is 1.51. The van der Waals surface area contributed by atoms with Crippen molar-refractivity contribution in [1.29, 1.82) is 0 Å². The predicted octanol–water partition coefficient (Wildman–Crippen LogP) is 4.85. The third-order valence-electron chi connectivity index (χ3n) is 6.01. The van der Waals surface area contributed by atoms with Gasteiger partial charge in [0.05, 0.1) is 29.1 Å². The number of pyridine rings is 1. The number of halogens is 3. The van der Waals surface area contributed by atoms with Crippen molar-refractivity contribution in [3.8, 4) is 11.4 Å². The molecule has 1 aliphatic rings. The Hall–Kier alpha value is -4.05. The number of ether oxygens (including phenoxy) is 1. The normalized spacial score (nSPS) is 14.4. The summed E-state index contributed by atoms with van der Waals surface area (Å²) in [5, 5.41) is 7.09. The highest BCUT2D eigenvalue weighted by Gasteiger charge is 2.33. The monoisotopic (exact) mass is 511 g/mol. The maximum absolute atomic E-state index is 14.3. The summed E-state index contributed by atoms with van der Waals surface area (Å²) in [5.74, 6) is -1.04. The smallest absolute Gasteiger partial charge is 0.325 e. The first-order chi connectivity index (χ1) is 17.2. The number of rotatable bonds is 6. The van der Waals surface area contributed by atoms with Crippen molar-refractivity contribution in [2.75, 3.05) is 6.54 Å². The van der Waals surface area contributed by atoms with Crippen LogP contribution in [0, 0.1) is 18.6 Å². The second kappa shape index (κ2) is 9.19. The van der Waals surface area contributed by atoms with E-state index in [1.807, 2.05) is 6.07 Å². The second-order valence-electron chi connectivity index (χ2n) is 8.44. The fourth-order valence-electron chi connectivity index (χ4n) is 4.30. The molecule has 0 spiro atoms. The molecule has 1 N–H and O–H groups in total. The fraction of sp³-hybridized carbons (Fsp3) is 0.200. The molecule has 0 saturated carbocycles. The van der Waals surface area contributed by atoms with Crippen molar-refractivity contribution in [2.24, 2.45) is 0 Å². The summed E-state index contributed by atoms with van der Waals surface area (Å²) in [6, 6.07) is 8.36. The summed E-state index contributed by atoms with van der Waals surface area (Å²) in [4.78, 5) is 29.8. The van der Waals surface area contributed by atoms with Crippen LogP contribution >= 0.6 is 11.6 Å². The highest BCUT2D eigenvalue weighted by Crippen LogP contribution is 2.34. The average Bonchev–Trinajstić information content (AvgIpc) is 3.41. The lowest BCUT2D eigenvalue weighted by Crippen LogP contribution is -2.31. The lowest BCUT2D eigenvalue weighted by molar-refractivity contribution is -0.118. The van der Waals surface area contributed by atoms with Gasteiger partial charge in [-0.2, -0.15) is 5.10 Å². The van der Waals surface area contributed by atoms with Crippen LogP contribution in [-0.4, -0.2) is 38.1 Å². The van der Waals surface area contributed by atoms with E-state index in [4.69, 9.17) is 16.3 Å². The molecule has 0 aliphatic carbocycles. The first kappa shape index (κ1) is 23.7. The van der Waals surface area contributed by atoms with Crippen LogP contribution in [0.25, 0.3) is 16.6 Å². The number of amides is 3. The number of aryl methyl sites for hydroxylation is 1. The first-order valence-electron chi connectivity index (χ1n) is 11.0. The molecule has 0 unspecified atom stereocenters. The molecule has 0 radical (unpaired) electrons. The Morgan fingerprint density at radius 1 is 1.19 bits per heavy atom. The lowest BCUT2D eigenvalue weighted by atomic mass is 10.0. The number of hydrogen-bond donors (Lipinski definition) is 1. The van der Waals surface area contributed by atoms with Crippen LogP contribution in [0.3, 0.4) is 0 Å². The molecule has 11 heteroatoms. The number of aromatic nitrogens is 3. The predicted molar refractivity (Wildman–Crippen MR) is 128 cm³/mol. The standard InChI is InChI=1S/C25H20ClF2N5O3/c1-13-6-21(33-10-16(28)9-29-33)17-4-3-5-22(24(17)30-13)36-12-19-18(7-15(27)8-20(19)26)14(2)32-11-23(34)31-25(32)35/h3-10,14H,11-12H2,1-2H3,(H,31,34,35)/t14-/m0/s1. The lowest BCUT2D eigenvalue weighted by Gasteiger charge is -2.25. The van der Waals surface area contributed by atoms with Crippen LogP contribution in [0.5, 0.6) is 5.75 Å². The summed E-state index contributed by atoms with van der Waals surface area (Å²) in [6.07, 6.45) is 2.39. The largest absolute Gasteiger partial charge is 0.487 e. The van der Waals surface area contributed by atoms with Gasteiger partial charge < -0.3 is 9.64 Å². The zero-order chi connectivity index (χ0) is 25.6. The van der Waals surface area contributed by atoms with Crippen molar-refractivity contribution in [2.45, 2.75) is 26.5 Å². The number of nitrogens with one attached hydrogen (secondary N) is 1. The number of imide groups is 1. The third-order valence-corrected chi connectivity index (χ3v) is 6.35. The maximum Gasteiger partial charge on any atom is 0.325 e. The number of carbonyl (C=O) groups excluding carboxylic acids is 2. The van der Waals surface area contributed by atoms with Gasteiger partial charge in [-0.1, -0.05) is 23.7 Å². The molecule has 1 saturated heterocycles. The molecule has 2 aromatic carbocycles. The van der Waals surface area contributed by atoms with Crippen LogP contribution < -0.4 is 10.1 Å². The molecule has 3 amide bonds. The minimum Gasteiger partial charge on any atom is -0.487 e. The number of benzene rings is 2. The molecular formula is C25H20ClF2N5O3. The summed E-state index contributed by atoms with van der Waals surface area (Å²) in [6.45, 7) is 3.30. The van der Waals surface area contributed by atoms with E-state index in [-0.39, 0.29) is 18.2 Å².